The van der Waals surface area contributed by atoms with Gasteiger partial charge in [0.15, 0.2) is 5.11 Å². The molecule has 0 bridgehead atoms. The Kier molecular flexibility index (Phi) is 5.35. The number of hydrazone groups is 1. The number of hydrogen-bond acceptors (Lipinski definition) is 5. The van der Waals surface area contributed by atoms with Crippen molar-refractivity contribution in [2.45, 2.75) is 25.9 Å². The first-order chi connectivity index (χ1) is 10.1. The van der Waals surface area contributed by atoms with Crippen LogP contribution >= 0.6 is 12.2 Å². The SMILES string of the molecule is C/C(=N\NC(=S)NC[C@@H]1CCCO1)c1ccc(O)cc1O. The molecule has 0 spiro atoms. The van der Waals surface area contributed by atoms with E-state index >= 15 is 0 Å². The number of ether oxygens (including phenoxy) is 1. The normalized spacial score (nSPS) is 18.5. The highest BCUT2D eigenvalue weighted by Gasteiger charge is 2.15. The number of benzene rings is 1. The molecule has 1 aliphatic heterocycles. The predicted octanol–water partition coefficient (Wildman–Crippen LogP) is 1.46. The van der Waals surface area contributed by atoms with Crippen LogP contribution in [0.2, 0.25) is 0 Å². The van der Waals surface area contributed by atoms with Crippen LogP contribution < -0.4 is 10.7 Å². The number of rotatable bonds is 4. The standard InChI is InChI=1S/C14H19N3O3S/c1-9(12-5-4-10(18)7-13(12)19)16-17-14(21)15-8-11-3-2-6-20-11/h4-5,7,11,18-19H,2-3,6,8H2,1H3,(H2,15,17,21)/b16-9+/t11-/m0/s1. The maximum absolute atomic E-state index is 9.74. The Balaban J connectivity index is 1.85. The lowest BCUT2D eigenvalue weighted by Crippen LogP contribution is -2.37. The fourth-order valence-corrected chi connectivity index (χ4v) is 2.20. The van der Waals surface area contributed by atoms with Gasteiger partial charge in [-0.05, 0) is 44.1 Å². The van der Waals surface area contributed by atoms with E-state index in [0.29, 0.717) is 22.9 Å². The Morgan fingerprint density at radius 1 is 1.48 bits per heavy atom. The molecule has 1 atom stereocenters. The minimum Gasteiger partial charge on any atom is -0.508 e. The zero-order valence-corrected chi connectivity index (χ0v) is 12.6. The molecule has 21 heavy (non-hydrogen) atoms. The van der Waals surface area contributed by atoms with E-state index in [0.717, 1.165) is 19.4 Å². The maximum Gasteiger partial charge on any atom is 0.187 e. The van der Waals surface area contributed by atoms with E-state index in [1.165, 1.54) is 12.1 Å². The van der Waals surface area contributed by atoms with Crippen LogP contribution in [0.4, 0.5) is 0 Å². The average Bonchev–Trinajstić information content (AvgIpc) is 2.95. The lowest BCUT2D eigenvalue weighted by molar-refractivity contribution is 0.114. The molecule has 7 heteroatoms. The molecule has 4 N–H and O–H groups in total. The van der Waals surface area contributed by atoms with Crippen LogP contribution in [0.15, 0.2) is 23.3 Å². The summed E-state index contributed by atoms with van der Waals surface area (Å²) in [6.45, 7) is 3.20. The van der Waals surface area contributed by atoms with Gasteiger partial charge < -0.3 is 20.3 Å². The summed E-state index contributed by atoms with van der Waals surface area (Å²) in [5, 5.41) is 26.6. The summed E-state index contributed by atoms with van der Waals surface area (Å²) in [5.41, 5.74) is 3.82. The second kappa shape index (κ2) is 7.24. The summed E-state index contributed by atoms with van der Waals surface area (Å²) in [6.07, 6.45) is 2.33. The molecule has 1 saturated heterocycles. The van der Waals surface area contributed by atoms with Gasteiger partial charge in [-0.25, -0.2) is 0 Å². The number of thiocarbonyl (C=S) groups is 1. The van der Waals surface area contributed by atoms with E-state index in [-0.39, 0.29) is 17.6 Å². The van der Waals surface area contributed by atoms with Crippen molar-refractivity contribution in [2.24, 2.45) is 5.10 Å². The van der Waals surface area contributed by atoms with Crippen molar-refractivity contribution in [3.05, 3.63) is 23.8 Å². The summed E-state index contributed by atoms with van der Waals surface area (Å²) in [6, 6.07) is 4.35. The first-order valence-corrected chi connectivity index (χ1v) is 7.19. The molecular weight excluding hydrogens is 290 g/mol. The van der Waals surface area contributed by atoms with Crippen LogP contribution in [0.3, 0.4) is 0 Å². The molecule has 1 heterocycles. The lowest BCUT2D eigenvalue weighted by atomic mass is 10.1. The number of phenols is 2. The smallest absolute Gasteiger partial charge is 0.187 e. The van der Waals surface area contributed by atoms with Crippen molar-refractivity contribution in [2.75, 3.05) is 13.2 Å². The second-order valence-electron chi connectivity index (χ2n) is 4.86. The highest BCUT2D eigenvalue weighted by molar-refractivity contribution is 7.80. The number of hydrogen-bond donors (Lipinski definition) is 4. The van der Waals surface area contributed by atoms with Crippen molar-refractivity contribution in [1.82, 2.24) is 10.7 Å². The molecule has 1 aliphatic rings. The Morgan fingerprint density at radius 3 is 2.95 bits per heavy atom. The Hall–Kier alpha value is -1.86. The van der Waals surface area contributed by atoms with Crippen molar-refractivity contribution in [3.8, 4) is 11.5 Å². The number of nitrogens with zero attached hydrogens (tertiary/aromatic N) is 1. The van der Waals surface area contributed by atoms with Gasteiger partial charge >= 0.3 is 0 Å². The molecule has 0 aliphatic carbocycles. The Morgan fingerprint density at radius 2 is 2.29 bits per heavy atom. The molecule has 0 saturated carbocycles. The van der Waals surface area contributed by atoms with Gasteiger partial charge in [0.1, 0.15) is 11.5 Å². The minimum atomic E-state index is -0.0312. The van der Waals surface area contributed by atoms with Crippen molar-refractivity contribution in [1.29, 1.82) is 0 Å². The first kappa shape index (κ1) is 15.5. The van der Waals surface area contributed by atoms with Gasteiger partial charge in [-0.1, -0.05) is 0 Å². The van der Waals surface area contributed by atoms with Gasteiger partial charge in [-0.2, -0.15) is 5.10 Å². The molecule has 0 amide bonds. The van der Waals surface area contributed by atoms with E-state index in [2.05, 4.69) is 15.8 Å². The molecule has 6 nitrogen and oxygen atoms in total. The molecule has 0 unspecified atom stereocenters. The van der Waals surface area contributed by atoms with Crippen LogP contribution in [0.5, 0.6) is 11.5 Å². The third kappa shape index (κ3) is 4.57. The van der Waals surface area contributed by atoms with Gasteiger partial charge in [-0.3, -0.25) is 5.43 Å². The monoisotopic (exact) mass is 309 g/mol. The summed E-state index contributed by atoms with van der Waals surface area (Å²) in [7, 11) is 0. The van der Waals surface area contributed by atoms with E-state index in [4.69, 9.17) is 17.0 Å². The van der Waals surface area contributed by atoms with Crippen molar-refractivity contribution >= 4 is 23.0 Å². The quantitative estimate of drug-likeness (QED) is 0.383. The summed E-state index contributed by atoms with van der Waals surface area (Å²) in [4.78, 5) is 0. The summed E-state index contributed by atoms with van der Waals surface area (Å²) >= 11 is 5.12. The van der Waals surface area contributed by atoms with Crippen molar-refractivity contribution in [3.63, 3.8) is 0 Å². The molecule has 0 radical (unpaired) electrons. The lowest BCUT2D eigenvalue weighted by Gasteiger charge is -2.12. The van der Waals surface area contributed by atoms with E-state index in [1.54, 1.807) is 13.0 Å². The Labute approximate surface area is 128 Å². The van der Waals surface area contributed by atoms with Gasteiger partial charge in [0, 0.05) is 24.8 Å². The predicted molar refractivity (Wildman–Crippen MR) is 84.7 cm³/mol. The topological polar surface area (TPSA) is 86.1 Å². The highest BCUT2D eigenvalue weighted by Crippen LogP contribution is 2.22. The first-order valence-electron chi connectivity index (χ1n) is 6.78. The fourth-order valence-electron chi connectivity index (χ4n) is 2.07. The number of aromatic hydroxyl groups is 2. The highest BCUT2D eigenvalue weighted by atomic mass is 32.1. The average molecular weight is 309 g/mol. The molecule has 1 aromatic rings. The van der Waals surface area contributed by atoms with Gasteiger partial charge in [-0.15, -0.1) is 0 Å². The van der Waals surface area contributed by atoms with Crippen LogP contribution in [0.1, 0.15) is 25.3 Å². The zero-order chi connectivity index (χ0) is 15.2. The molecule has 1 aromatic carbocycles. The molecule has 0 aromatic heterocycles. The third-order valence-corrected chi connectivity index (χ3v) is 3.45. The summed E-state index contributed by atoms with van der Waals surface area (Å²) in [5.74, 6) is -0.0259. The van der Waals surface area contributed by atoms with Gasteiger partial charge in [0.05, 0.1) is 11.8 Å². The summed E-state index contributed by atoms with van der Waals surface area (Å²) < 4.78 is 5.48. The van der Waals surface area contributed by atoms with Crippen molar-refractivity contribution < 1.29 is 14.9 Å². The third-order valence-electron chi connectivity index (χ3n) is 3.21. The van der Waals surface area contributed by atoms with Crippen LogP contribution in [0.25, 0.3) is 0 Å². The number of nitrogens with one attached hydrogen (secondary N) is 2. The molecule has 1 fully saturated rings. The van der Waals surface area contributed by atoms with Gasteiger partial charge in [0.2, 0.25) is 0 Å². The van der Waals surface area contributed by atoms with E-state index in [9.17, 15) is 10.2 Å². The minimum absolute atomic E-state index is 0.00533. The largest absolute Gasteiger partial charge is 0.508 e. The van der Waals surface area contributed by atoms with Crippen LogP contribution in [0, 0.1) is 0 Å². The molecule has 114 valence electrons. The number of phenolic OH excluding ortho intramolecular Hbond substituents is 2. The fraction of sp³-hybridized carbons (Fsp3) is 0.429. The van der Waals surface area contributed by atoms with E-state index < -0.39 is 0 Å². The maximum atomic E-state index is 9.74. The Bertz CT molecular complexity index is 542. The van der Waals surface area contributed by atoms with Crippen LogP contribution in [-0.2, 0) is 4.74 Å². The van der Waals surface area contributed by atoms with Gasteiger partial charge in [0.25, 0.3) is 0 Å². The second-order valence-corrected chi connectivity index (χ2v) is 5.26. The molecular formula is C14H19N3O3S. The molecule has 2 rings (SSSR count). The van der Waals surface area contributed by atoms with Crippen LogP contribution in [-0.4, -0.2) is 40.3 Å². The zero-order valence-electron chi connectivity index (χ0n) is 11.8. The van der Waals surface area contributed by atoms with E-state index in [1.807, 2.05) is 0 Å².